The van der Waals surface area contributed by atoms with Crippen LogP contribution in [0.3, 0.4) is 0 Å². The Bertz CT molecular complexity index is 810. The summed E-state index contributed by atoms with van der Waals surface area (Å²) in [7, 11) is 1.83. The highest BCUT2D eigenvalue weighted by molar-refractivity contribution is 5.86. The molecule has 0 atom stereocenters. The van der Waals surface area contributed by atoms with Crippen molar-refractivity contribution >= 4 is 11.5 Å². The molecule has 4 rings (SSSR count). The number of hydrogen-bond acceptors (Lipinski definition) is 6. The van der Waals surface area contributed by atoms with E-state index in [0.717, 1.165) is 40.4 Å². The van der Waals surface area contributed by atoms with Gasteiger partial charge in [-0.05, 0) is 23.8 Å². The van der Waals surface area contributed by atoms with Gasteiger partial charge in [-0.3, -0.25) is 5.10 Å². The molecular weight excluding hydrogens is 314 g/mol. The highest BCUT2D eigenvalue weighted by atomic mass is 15.4. The summed E-state index contributed by atoms with van der Waals surface area (Å²) >= 11 is 0. The lowest BCUT2D eigenvalue weighted by Gasteiger charge is -2.11. The third-order valence-electron chi connectivity index (χ3n) is 3.80. The minimum Gasteiger partial charge on any atom is -0.372 e. The molecule has 7 heteroatoms. The maximum atomic E-state index is 4.29. The average molecular weight is 337 g/mol. The van der Waals surface area contributed by atoms with Crippen molar-refractivity contribution in [1.82, 2.24) is 25.8 Å². The summed E-state index contributed by atoms with van der Waals surface area (Å²) in [4.78, 5) is 0. The molecule has 1 aliphatic heterocycles. The van der Waals surface area contributed by atoms with Crippen LogP contribution in [0.5, 0.6) is 0 Å². The lowest BCUT2D eigenvalue weighted by atomic mass is 9.96. The van der Waals surface area contributed by atoms with Gasteiger partial charge in [-0.15, -0.1) is 10.2 Å². The van der Waals surface area contributed by atoms with E-state index in [1.165, 1.54) is 12.0 Å². The van der Waals surface area contributed by atoms with Gasteiger partial charge in [0.1, 0.15) is 5.82 Å². The number of aromatic amines is 1. The van der Waals surface area contributed by atoms with Gasteiger partial charge in [0, 0.05) is 36.5 Å². The fraction of sp³-hybridized carbons (Fsp3) is 0.278. The highest BCUT2D eigenvalue weighted by Gasteiger charge is 2.20. The molecule has 3 aromatic rings. The van der Waals surface area contributed by atoms with Gasteiger partial charge < -0.3 is 10.7 Å². The van der Waals surface area contributed by atoms with E-state index in [1.54, 1.807) is 0 Å². The zero-order valence-electron chi connectivity index (χ0n) is 14.7. The SMILES string of the molecule is CCC.CNc1ccc(-c2ccc(-c3cn[nH]c3)c3c2NNC3)nn1. The molecule has 0 fully saturated rings. The third-order valence-corrected chi connectivity index (χ3v) is 3.80. The first kappa shape index (κ1) is 16.9. The standard InChI is InChI=1S/C15H15N7.C3H8/c1-16-14-5-4-13(20-21-14)11-3-2-10(9-6-17-18-7-9)12-8-19-22-15(11)12;1-3-2/h2-7,19,22H,8H2,1H3,(H,16,21)(H,17,18);3H2,1-2H3. The molecule has 0 bridgehead atoms. The van der Waals surface area contributed by atoms with Gasteiger partial charge in [0.25, 0.3) is 0 Å². The van der Waals surface area contributed by atoms with Crippen LogP contribution in [0.2, 0.25) is 0 Å². The summed E-state index contributed by atoms with van der Waals surface area (Å²) in [6.07, 6.45) is 4.98. The molecule has 1 aliphatic rings. The number of benzene rings is 1. The topological polar surface area (TPSA) is 90.5 Å². The Labute approximate surface area is 147 Å². The van der Waals surface area contributed by atoms with E-state index < -0.39 is 0 Å². The van der Waals surface area contributed by atoms with E-state index in [9.17, 15) is 0 Å². The predicted octanol–water partition coefficient (Wildman–Crippen LogP) is 3.42. The fourth-order valence-electron chi connectivity index (χ4n) is 2.69. The molecule has 0 aliphatic carbocycles. The zero-order valence-corrected chi connectivity index (χ0v) is 14.7. The first-order valence-electron chi connectivity index (χ1n) is 8.44. The van der Waals surface area contributed by atoms with E-state index in [4.69, 9.17) is 0 Å². The quantitative estimate of drug-likeness (QED) is 0.585. The van der Waals surface area contributed by atoms with Crippen molar-refractivity contribution in [2.75, 3.05) is 17.8 Å². The van der Waals surface area contributed by atoms with Crippen molar-refractivity contribution in [1.29, 1.82) is 0 Å². The third kappa shape index (κ3) is 3.46. The van der Waals surface area contributed by atoms with Crippen molar-refractivity contribution in [3.05, 3.63) is 42.2 Å². The van der Waals surface area contributed by atoms with E-state index in [1.807, 2.05) is 31.6 Å². The molecule has 0 unspecified atom stereocenters. The Morgan fingerprint density at radius 3 is 2.52 bits per heavy atom. The fourth-order valence-corrected chi connectivity index (χ4v) is 2.69. The number of H-pyrrole nitrogens is 1. The maximum absolute atomic E-state index is 4.29. The summed E-state index contributed by atoms with van der Waals surface area (Å²) in [5.74, 6) is 0.751. The molecule has 3 heterocycles. The first-order valence-corrected chi connectivity index (χ1v) is 8.44. The number of hydrogen-bond donors (Lipinski definition) is 4. The predicted molar refractivity (Wildman–Crippen MR) is 101 cm³/mol. The van der Waals surface area contributed by atoms with Crippen LogP contribution in [0.4, 0.5) is 11.5 Å². The Balaban J connectivity index is 0.000000569. The largest absolute Gasteiger partial charge is 0.372 e. The van der Waals surface area contributed by atoms with Gasteiger partial charge in [-0.1, -0.05) is 26.3 Å². The normalized spacial score (nSPS) is 12.0. The molecule has 130 valence electrons. The molecule has 25 heavy (non-hydrogen) atoms. The number of rotatable bonds is 3. The molecule has 0 spiro atoms. The van der Waals surface area contributed by atoms with Crippen LogP contribution in [-0.4, -0.2) is 27.4 Å². The van der Waals surface area contributed by atoms with Gasteiger partial charge in [-0.2, -0.15) is 5.10 Å². The number of nitrogens with zero attached hydrogens (tertiary/aromatic N) is 3. The second kappa shape index (κ2) is 7.76. The molecule has 2 aromatic heterocycles. The number of hydrazine groups is 1. The van der Waals surface area contributed by atoms with Crippen molar-refractivity contribution < 1.29 is 0 Å². The molecule has 0 radical (unpaired) electrons. The molecule has 7 nitrogen and oxygen atoms in total. The van der Waals surface area contributed by atoms with Crippen LogP contribution in [-0.2, 0) is 6.54 Å². The average Bonchev–Trinajstić information content (AvgIpc) is 3.33. The molecule has 0 amide bonds. The summed E-state index contributed by atoms with van der Waals surface area (Å²) in [6.45, 7) is 5.01. The molecule has 0 saturated heterocycles. The summed E-state index contributed by atoms with van der Waals surface area (Å²) in [5, 5.41) is 18.3. The Hall–Kier alpha value is -2.93. The molecular formula is C18H23N7. The first-order chi connectivity index (χ1) is 12.3. The van der Waals surface area contributed by atoms with Crippen LogP contribution >= 0.6 is 0 Å². The van der Waals surface area contributed by atoms with Crippen molar-refractivity contribution in [3.8, 4) is 22.4 Å². The Morgan fingerprint density at radius 1 is 1.08 bits per heavy atom. The van der Waals surface area contributed by atoms with Gasteiger partial charge in [0.15, 0.2) is 0 Å². The van der Waals surface area contributed by atoms with Crippen LogP contribution in [0.25, 0.3) is 22.4 Å². The second-order valence-electron chi connectivity index (χ2n) is 5.74. The van der Waals surface area contributed by atoms with E-state index in [0.29, 0.717) is 0 Å². The van der Waals surface area contributed by atoms with Crippen LogP contribution in [0.1, 0.15) is 25.8 Å². The second-order valence-corrected chi connectivity index (χ2v) is 5.74. The number of nitrogens with one attached hydrogen (secondary N) is 4. The van der Waals surface area contributed by atoms with Crippen LogP contribution < -0.4 is 16.2 Å². The monoisotopic (exact) mass is 337 g/mol. The molecule has 4 N–H and O–H groups in total. The maximum Gasteiger partial charge on any atom is 0.148 e. The lowest BCUT2D eigenvalue weighted by Crippen LogP contribution is -2.11. The number of aromatic nitrogens is 4. The van der Waals surface area contributed by atoms with Gasteiger partial charge in [0.05, 0.1) is 17.6 Å². The lowest BCUT2D eigenvalue weighted by molar-refractivity contribution is 0.861. The molecule has 1 aromatic carbocycles. The van der Waals surface area contributed by atoms with Crippen molar-refractivity contribution in [3.63, 3.8) is 0 Å². The van der Waals surface area contributed by atoms with E-state index in [-0.39, 0.29) is 0 Å². The van der Waals surface area contributed by atoms with Crippen LogP contribution in [0.15, 0.2) is 36.7 Å². The minimum atomic E-state index is 0.751. The summed E-state index contributed by atoms with van der Waals surface area (Å²) in [6, 6.07) is 8.04. The number of fused-ring (bicyclic) bond motifs is 1. The zero-order chi connectivity index (χ0) is 17.6. The van der Waals surface area contributed by atoms with Gasteiger partial charge >= 0.3 is 0 Å². The van der Waals surface area contributed by atoms with E-state index in [2.05, 4.69) is 62.5 Å². The van der Waals surface area contributed by atoms with Crippen molar-refractivity contribution in [2.24, 2.45) is 0 Å². The Kier molecular flexibility index (Phi) is 5.25. The smallest absolute Gasteiger partial charge is 0.148 e. The minimum absolute atomic E-state index is 0.751. The Morgan fingerprint density at radius 2 is 1.88 bits per heavy atom. The van der Waals surface area contributed by atoms with Gasteiger partial charge in [0.2, 0.25) is 0 Å². The highest BCUT2D eigenvalue weighted by Crippen LogP contribution is 2.38. The summed E-state index contributed by atoms with van der Waals surface area (Å²) < 4.78 is 0. The molecule has 0 saturated carbocycles. The summed E-state index contributed by atoms with van der Waals surface area (Å²) in [5.41, 5.74) is 12.8. The van der Waals surface area contributed by atoms with Gasteiger partial charge in [-0.25, -0.2) is 5.43 Å². The van der Waals surface area contributed by atoms with Crippen molar-refractivity contribution in [2.45, 2.75) is 26.8 Å². The van der Waals surface area contributed by atoms with E-state index >= 15 is 0 Å². The van der Waals surface area contributed by atoms with Crippen LogP contribution in [0, 0.1) is 0 Å². The number of anilines is 2.